The van der Waals surface area contributed by atoms with Crippen molar-refractivity contribution < 1.29 is 40.7 Å². The number of hydrogen-bond donors (Lipinski definition) is 4. The quantitative estimate of drug-likeness (QED) is 0.330. The molecule has 1 heterocycles. The van der Waals surface area contributed by atoms with E-state index >= 15 is 0 Å². The highest BCUT2D eigenvalue weighted by Crippen LogP contribution is 2.43. The molecule has 0 bridgehead atoms. The largest absolute Gasteiger partial charge is 0.483 e. The molecule has 1 aromatic carbocycles. The fourth-order valence-electron chi connectivity index (χ4n) is 3.77. The fraction of sp³-hybridized carbons (Fsp3) is 0.476. The predicted molar refractivity (Wildman–Crippen MR) is 119 cm³/mol. The lowest BCUT2D eigenvalue weighted by Gasteiger charge is -2.31. The number of carbonyl (C=O) groups excluding carboxylic acids is 3. The van der Waals surface area contributed by atoms with Crippen LogP contribution in [0.5, 0.6) is 5.75 Å². The van der Waals surface area contributed by atoms with Gasteiger partial charge in [0.15, 0.2) is 6.61 Å². The minimum atomic E-state index is -4.75. The van der Waals surface area contributed by atoms with Crippen molar-refractivity contribution in [2.45, 2.75) is 50.7 Å². The predicted octanol–water partition coefficient (Wildman–Crippen LogP) is 2.24. The van der Waals surface area contributed by atoms with Crippen LogP contribution in [0.4, 0.5) is 18.0 Å². The van der Waals surface area contributed by atoms with Crippen LogP contribution in [0.1, 0.15) is 45.2 Å². The molecule has 0 aliphatic carbocycles. The number of rotatable bonds is 11. The van der Waals surface area contributed by atoms with Crippen molar-refractivity contribution in [1.29, 1.82) is 0 Å². The Kier molecular flexibility index (Phi) is 8.76. The maximum absolute atomic E-state index is 12.9. The topological polar surface area (TPSA) is 143 Å². The van der Waals surface area contributed by atoms with Gasteiger partial charge in [-0.15, -0.1) is 0 Å². The van der Waals surface area contributed by atoms with E-state index in [4.69, 9.17) is 4.74 Å². The minimum Gasteiger partial charge on any atom is -0.483 e. The summed E-state index contributed by atoms with van der Waals surface area (Å²) in [6.07, 6.45) is -2.42. The second-order valence-corrected chi connectivity index (χ2v) is 9.50. The average molecular weight is 521 g/mol. The normalized spacial score (nSPS) is 18.8. The molecular weight excluding hydrogens is 493 g/mol. The zero-order valence-electron chi connectivity index (χ0n) is 19.3. The third-order valence-electron chi connectivity index (χ3n) is 5.65. The SMILES string of the molecule is CCNC(=O)NS(=O)(=O)c1cc(C(CC2(CC)C(=O)NC=C2C)NC=O)ccc1OCC(F)(F)F. The Balaban J connectivity index is 2.55. The van der Waals surface area contributed by atoms with Crippen molar-refractivity contribution in [2.24, 2.45) is 5.41 Å². The number of benzene rings is 1. The average Bonchev–Trinajstić information content (AvgIpc) is 3.05. The van der Waals surface area contributed by atoms with Crippen LogP contribution in [0.15, 0.2) is 34.9 Å². The van der Waals surface area contributed by atoms with E-state index in [1.807, 2.05) is 0 Å². The summed E-state index contributed by atoms with van der Waals surface area (Å²) in [6.45, 7) is 3.38. The van der Waals surface area contributed by atoms with E-state index in [0.29, 0.717) is 18.4 Å². The lowest BCUT2D eigenvalue weighted by Crippen LogP contribution is -2.39. The molecule has 194 valence electrons. The van der Waals surface area contributed by atoms with Gasteiger partial charge in [-0.2, -0.15) is 13.2 Å². The van der Waals surface area contributed by atoms with Crippen molar-refractivity contribution in [3.05, 3.63) is 35.5 Å². The number of hydrogen-bond acceptors (Lipinski definition) is 6. The van der Waals surface area contributed by atoms with Gasteiger partial charge in [0, 0.05) is 12.7 Å². The second-order valence-electron chi connectivity index (χ2n) is 7.85. The van der Waals surface area contributed by atoms with Crippen molar-refractivity contribution in [1.82, 2.24) is 20.7 Å². The van der Waals surface area contributed by atoms with E-state index in [1.165, 1.54) is 6.07 Å². The Morgan fingerprint density at radius 2 is 1.97 bits per heavy atom. The standard InChI is InChI=1S/C21H27F3N4O6S/c1-4-20(13(3)10-26-18(20)30)9-15(27-12-29)14-6-7-16(34-11-21(22,23)24)17(8-14)35(32,33)28-19(31)25-5-2/h6-8,10,12,15H,4-5,9,11H2,1-3H3,(H,26,30)(H,27,29)(H2,25,28,31). The van der Waals surface area contributed by atoms with Gasteiger partial charge in [0.2, 0.25) is 12.3 Å². The van der Waals surface area contributed by atoms with Gasteiger partial charge < -0.3 is 20.7 Å². The number of carbonyl (C=O) groups is 3. The monoisotopic (exact) mass is 520 g/mol. The van der Waals surface area contributed by atoms with Crippen LogP contribution in [0.25, 0.3) is 0 Å². The van der Waals surface area contributed by atoms with Gasteiger partial charge in [-0.05, 0) is 50.0 Å². The van der Waals surface area contributed by atoms with Crippen molar-refractivity contribution in [3.8, 4) is 5.75 Å². The number of alkyl halides is 3. The molecule has 1 aromatic rings. The molecule has 4 N–H and O–H groups in total. The molecule has 4 amide bonds. The molecule has 0 fully saturated rings. The second kappa shape index (κ2) is 11.0. The fourth-order valence-corrected chi connectivity index (χ4v) is 4.88. The Bertz CT molecular complexity index is 1110. The number of nitrogens with one attached hydrogen (secondary N) is 4. The maximum atomic E-state index is 12.9. The third kappa shape index (κ3) is 6.65. The van der Waals surface area contributed by atoms with Gasteiger partial charge in [0.1, 0.15) is 10.6 Å². The molecule has 2 unspecified atom stereocenters. The maximum Gasteiger partial charge on any atom is 0.422 e. The molecular formula is C21H27F3N4O6S. The van der Waals surface area contributed by atoms with E-state index in [-0.39, 0.29) is 24.4 Å². The smallest absolute Gasteiger partial charge is 0.422 e. The molecule has 0 saturated carbocycles. The summed E-state index contributed by atoms with van der Waals surface area (Å²) in [5.74, 6) is -0.946. The number of urea groups is 1. The van der Waals surface area contributed by atoms with Crippen molar-refractivity contribution >= 4 is 28.4 Å². The highest BCUT2D eigenvalue weighted by atomic mass is 32.2. The number of amides is 4. The molecule has 2 atom stereocenters. The van der Waals surface area contributed by atoms with Gasteiger partial charge in [0.25, 0.3) is 10.0 Å². The number of ether oxygens (including phenoxy) is 1. The van der Waals surface area contributed by atoms with Crippen LogP contribution in [0.3, 0.4) is 0 Å². The Morgan fingerprint density at radius 1 is 1.29 bits per heavy atom. The zero-order valence-corrected chi connectivity index (χ0v) is 20.1. The molecule has 14 heteroatoms. The summed E-state index contributed by atoms with van der Waals surface area (Å²) in [4.78, 5) is 35.0. The molecule has 35 heavy (non-hydrogen) atoms. The highest BCUT2D eigenvalue weighted by molar-refractivity contribution is 7.90. The van der Waals surface area contributed by atoms with Gasteiger partial charge >= 0.3 is 12.2 Å². The van der Waals surface area contributed by atoms with Crippen LogP contribution in [-0.4, -0.2) is 46.1 Å². The van der Waals surface area contributed by atoms with Crippen molar-refractivity contribution in [3.63, 3.8) is 0 Å². The van der Waals surface area contributed by atoms with Crippen LogP contribution < -0.4 is 25.4 Å². The number of sulfonamides is 1. The van der Waals surface area contributed by atoms with E-state index in [0.717, 1.165) is 12.1 Å². The summed E-state index contributed by atoms with van der Waals surface area (Å²) >= 11 is 0. The molecule has 1 aliphatic heterocycles. The summed E-state index contributed by atoms with van der Waals surface area (Å²) in [6, 6.07) is 1.31. The molecule has 10 nitrogen and oxygen atoms in total. The third-order valence-corrected chi connectivity index (χ3v) is 7.00. The molecule has 0 spiro atoms. The first-order valence-electron chi connectivity index (χ1n) is 10.6. The van der Waals surface area contributed by atoms with Crippen LogP contribution >= 0.6 is 0 Å². The Labute approximate surface area is 200 Å². The summed E-state index contributed by atoms with van der Waals surface area (Å²) < 4.78 is 70.3. The molecule has 1 aliphatic rings. The first kappa shape index (κ1) is 28.0. The molecule has 0 radical (unpaired) electrons. The van der Waals surface area contributed by atoms with Crippen LogP contribution in [0.2, 0.25) is 0 Å². The van der Waals surface area contributed by atoms with Gasteiger partial charge in [0.05, 0.1) is 11.5 Å². The molecule has 0 aromatic heterocycles. The van der Waals surface area contributed by atoms with Crippen LogP contribution in [0, 0.1) is 5.41 Å². The van der Waals surface area contributed by atoms with E-state index in [9.17, 15) is 36.0 Å². The van der Waals surface area contributed by atoms with Gasteiger partial charge in [-0.3, -0.25) is 9.59 Å². The van der Waals surface area contributed by atoms with Gasteiger partial charge in [-0.1, -0.05) is 13.0 Å². The summed E-state index contributed by atoms with van der Waals surface area (Å²) in [7, 11) is -4.68. The first-order chi connectivity index (χ1) is 16.3. The van der Waals surface area contributed by atoms with E-state index in [1.54, 1.807) is 31.7 Å². The van der Waals surface area contributed by atoms with Gasteiger partial charge in [-0.25, -0.2) is 17.9 Å². The van der Waals surface area contributed by atoms with E-state index in [2.05, 4.69) is 16.0 Å². The minimum absolute atomic E-state index is 0.0440. The zero-order chi connectivity index (χ0) is 26.4. The first-order valence-corrected chi connectivity index (χ1v) is 12.1. The lowest BCUT2D eigenvalue weighted by atomic mass is 9.73. The lowest BCUT2D eigenvalue weighted by molar-refractivity contribution is -0.153. The van der Waals surface area contributed by atoms with E-state index < -0.39 is 50.9 Å². The highest BCUT2D eigenvalue weighted by Gasteiger charge is 2.44. The Morgan fingerprint density at radius 3 is 2.49 bits per heavy atom. The number of halogens is 3. The molecule has 0 saturated heterocycles. The molecule has 2 rings (SSSR count). The van der Waals surface area contributed by atoms with Crippen LogP contribution in [-0.2, 0) is 19.6 Å². The Hall–Kier alpha value is -3.29. The summed E-state index contributed by atoms with van der Waals surface area (Å²) in [5.41, 5.74) is -0.114. The van der Waals surface area contributed by atoms with Crippen molar-refractivity contribution in [2.75, 3.05) is 13.2 Å². The summed E-state index contributed by atoms with van der Waals surface area (Å²) in [5, 5.41) is 7.38.